The molecule has 1 fully saturated rings. The summed E-state index contributed by atoms with van der Waals surface area (Å²) in [5.41, 5.74) is 6.97. The van der Waals surface area contributed by atoms with Crippen molar-refractivity contribution in [2.24, 2.45) is 0 Å². The van der Waals surface area contributed by atoms with E-state index < -0.39 is 0 Å². The number of carbonyl (C=O) groups excluding carboxylic acids is 1. The molecule has 3 N–H and O–H groups in total. The van der Waals surface area contributed by atoms with Crippen molar-refractivity contribution in [3.05, 3.63) is 22.2 Å². The molecule has 0 aliphatic carbocycles. The Labute approximate surface area is 152 Å². The summed E-state index contributed by atoms with van der Waals surface area (Å²) >= 11 is 3.39. The van der Waals surface area contributed by atoms with Gasteiger partial charge in [0.05, 0.1) is 18.2 Å². The third kappa shape index (κ3) is 4.84. The normalized spacial score (nSPS) is 19.8. The maximum absolute atomic E-state index is 12.8. The standard InChI is InChI=1S/C17H27BrN4O2/c1-4-22-7-6-21(3)10-12(11-22)20-17(23)13-8-14(18)15(19)9-16(13)24-5-2/h8-9,12H,4-7,10-11,19H2,1-3H3,(H,20,23). The highest BCUT2D eigenvalue weighted by Crippen LogP contribution is 2.29. The molecule has 2 rings (SSSR count). The first kappa shape index (κ1) is 19.0. The lowest BCUT2D eigenvalue weighted by atomic mass is 10.1. The molecule has 7 heteroatoms. The molecule has 0 aromatic heterocycles. The van der Waals surface area contributed by atoms with Crippen LogP contribution in [0.25, 0.3) is 0 Å². The molecule has 134 valence electrons. The van der Waals surface area contributed by atoms with Crippen LogP contribution in [0.2, 0.25) is 0 Å². The predicted molar refractivity (Wildman–Crippen MR) is 101 cm³/mol. The summed E-state index contributed by atoms with van der Waals surface area (Å²) < 4.78 is 6.29. The third-order valence-corrected chi connectivity index (χ3v) is 4.92. The number of carbonyl (C=O) groups is 1. The molecule has 1 aromatic carbocycles. The minimum absolute atomic E-state index is 0.0794. The Morgan fingerprint density at radius 2 is 2.12 bits per heavy atom. The maximum atomic E-state index is 12.8. The van der Waals surface area contributed by atoms with Gasteiger partial charge in [-0.2, -0.15) is 0 Å². The topological polar surface area (TPSA) is 70.8 Å². The summed E-state index contributed by atoms with van der Waals surface area (Å²) in [4.78, 5) is 17.4. The second-order valence-electron chi connectivity index (χ2n) is 6.13. The molecule has 6 nitrogen and oxygen atoms in total. The number of nitrogens with two attached hydrogens (primary N) is 1. The highest BCUT2D eigenvalue weighted by Gasteiger charge is 2.23. The molecule has 1 aliphatic heterocycles. The Morgan fingerprint density at radius 3 is 2.79 bits per heavy atom. The number of hydrogen-bond donors (Lipinski definition) is 2. The monoisotopic (exact) mass is 398 g/mol. The summed E-state index contributed by atoms with van der Waals surface area (Å²) in [5, 5.41) is 3.15. The van der Waals surface area contributed by atoms with Crippen molar-refractivity contribution in [1.29, 1.82) is 0 Å². The Hall–Kier alpha value is -1.31. The van der Waals surface area contributed by atoms with Gasteiger partial charge in [0.25, 0.3) is 5.91 Å². The van der Waals surface area contributed by atoms with E-state index in [0.29, 0.717) is 28.1 Å². The average Bonchev–Trinajstić information content (AvgIpc) is 2.71. The van der Waals surface area contributed by atoms with Crippen molar-refractivity contribution in [3.63, 3.8) is 0 Å². The first-order valence-electron chi connectivity index (χ1n) is 8.38. The Bertz CT molecular complexity index is 582. The molecule has 0 bridgehead atoms. The Balaban J connectivity index is 2.17. The van der Waals surface area contributed by atoms with Crippen molar-refractivity contribution in [1.82, 2.24) is 15.1 Å². The molecule has 0 radical (unpaired) electrons. The molecule has 0 spiro atoms. The number of ether oxygens (including phenoxy) is 1. The molecule has 1 heterocycles. The average molecular weight is 399 g/mol. The van der Waals surface area contributed by atoms with Crippen LogP contribution in [0.4, 0.5) is 5.69 Å². The minimum Gasteiger partial charge on any atom is -0.493 e. The summed E-state index contributed by atoms with van der Waals surface area (Å²) in [6.07, 6.45) is 0. The molecule has 1 unspecified atom stereocenters. The van der Waals surface area contributed by atoms with Crippen LogP contribution in [0.15, 0.2) is 16.6 Å². The van der Waals surface area contributed by atoms with E-state index in [2.05, 4.69) is 45.0 Å². The molecule has 1 aliphatic rings. The van der Waals surface area contributed by atoms with Gasteiger partial charge in [0, 0.05) is 42.4 Å². The number of benzene rings is 1. The Kier molecular flexibility index (Phi) is 6.89. The summed E-state index contributed by atoms with van der Waals surface area (Å²) in [5.74, 6) is 0.389. The first-order valence-corrected chi connectivity index (χ1v) is 9.17. The zero-order valence-corrected chi connectivity index (χ0v) is 16.2. The van der Waals surface area contributed by atoms with Gasteiger partial charge in [-0.1, -0.05) is 6.92 Å². The number of amides is 1. The van der Waals surface area contributed by atoms with Crippen LogP contribution in [0.5, 0.6) is 5.75 Å². The largest absolute Gasteiger partial charge is 0.493 e. The van der Waals surface area contributed by atoms with Gasteiger partial charge in [0.2, 0.25) is 0 Å². The van der Waals surface area contributed by atoms with Crippen LogP contribution >= 0.6 is 15.9 Å². The number of nitrogen functional groups attached to an aromatic ring is 1. The van der Waals surface area contributed by atoms with Crippen LogP contribution in [-0.4, -0.2) is 68.1 Å². The molecule has 0 saturated carbocycles. The van der Waals surface area contributed by atoms with Gasteiger partial charge in [-0.25, -0.2) is 0 Å². The van der Waals surface area contributed by atoms with E-state index in [4.69, 9.17) is 10.5 Å². The van der Waals surface area contributed by atoms with Crippen molar-refractivity contribution in [2.45, 2.75) is 19.9 Å². The van der Waals surface area contributed by atoms with E-state index >= 15 is 0 Å². The van der Waals surface area contributed by atoms with Gasteiger partial charge in [-0.05, 0) is 42.5 Å². The summed E-state index contributed by atoms with van der Waals surface area (Å²) in [7, 11) is 2.09. The van der Waals surface area contributed by atoms with Gasteiger partial charge < -0.3 is 25.6 Å². The van der Waals surface area contributed by atoms with Crippen LogP contribution in [-0.2, 0) is 0 Å². The van der Waals surface area contributed by atoms with E-state index in [9.17, 15) is 4.79 Å². The van der Waals surface area contributed by atoms with Gasteiger partial charge >= 0.3 is 0 Å². The molecule has 1 amide bonds. The third-order valence-electron chi connectivity index (χ3n) is 4.23. The van der Waals surface area contributed by atoms with E-state index in [1.165, 1.54) is 0 Å². The number of nitrogens with zero attached hydrogens (tertiary/aromatic N) is 2. The maximum Gasteiger partial charge on any atom is 0.255 e. The fourth-order valence-corrected chi connectivity index (χ4v) is 3.25. The summed E-state index contributed by atoms with van der Waals surface area (Å²) in [6.45, 7) is 9.23. The van der Waals surface area contributed by atoms with E-state index in [0.717, 1.165) is 32.7 Å². The van der Waals surface area contributed by atoms with Gasteiger partial charge in [0.15, 0.2) is 0 Å². The lowest BCUT2D eigenvalue weighted by Crippen LogP contribution is -2.46. The van der Waals surface area contributed by atoms with E-state index in [-0.39, 0.29) is 11.9 Å². The van der Waals surface area contributed by atoms with E-state index in [1.807, 2.05) is 6.92 Å². The van der Waals surface area contributed by atoms with Crippen LogP contribution in [0.1, 0.15) is 24.2 Å². The molecular weight excluding hydrogens is 372 g/mol. The number of rotatable bonds is 5. The molecule has 1 saturated heterocycles. The van der Waals surface area contributed by atoms with Crippen molar-refractivity contribution in [3.8, 4) is 5.75 Å². The second-order valence-corrected chi connectivity index (χ2v) is 6.98. The van der Waals surface area contributed by atoms with Crippen LogP contribution in [0, 0.1) is 0 Å². The minimum atomic E-state index is -0.129. The SMILES string of the molecule is CCOc1cc(N)c(Br)cc1C(=O)NC1CN(C)CCN(CC)C1. The zero-order chi connectivity index (χ0) is 17.7. The first-order chi connectivity index (χ1) is 11.4. The number of likely N-dealkylation sites (N-methyl/N-ethyl adjacent to an activating group) is 2. The Morgan fingerprint density at radius 1 is 1.38 bits per heavy atom. The fourth-order valence-electron chi connectivity index (χ4n) is 2.90. The van der Waals surface area contributed by atoms with Crippen LogP contribution < -0.4 is 15.8 Å². The molecule has 1 atom stereocenters. The lowest BCUT2D eigenvalue weighted by molar-refractivity contribution is 0.0921. The highest BCUT2D eigenvalue weighted by molar-refractivity contribution is 9.10. The predicted octanol–water partition coefficient (Wildman–Crippen LogP) is 1.80. The smallest absolute Gasteiger partial charge is 0.255 e. The second kappa shape index (κ2) is 8.69. The molecular formula is C17H27BrN4O2. The molecule has 24 heavy (non-hydrogen) atoms. The number of hydrogen-bond acceptors (Lipinski definition) is 5. The van der Waals surface area contributed by atoms with Crippen LogP contribution in [0.3, 0.4) is 0 Å². The van der Waals surface area contributed by atoms with Crippen molar-refractivity contribution >= 4 is 27.5 Å². The van der Waals surface area contributed by atoms with Gasteiger partial charge in [-0.3, -0.25) is 4.79 Å². The fraction of sp³-hybridized carbons (Fsp3) is 0.588. The number of nitrogens with one attached hydrogen (secondary N) is 1. The van der Waals surface area contributed by atoms with Gasteiger partial charge in [0.1, 0.15) is 5.75 Å². The number of halogens is 1. The number of anilines is 1. The zero-order valence-electron chi connectivity index (χ0n) is 14.6. The lowest BCUT2D eigenvalue weighted by Gasteiger charge is -2.24. The molecule has 1 aromatic rings. The van der Waals surface area contributed by atoms with Crippen molar-refractivity contribution in [2.75, 3.05) is 52.1 Å². The highest BCUT2D eigenvalue weighted by atomic mass is 79.9. The quantitative estimate of drug-likeness (QED) is 0.739. The van der Waals surface area contributed by atoms with E-state index in [1.54, 1.807) is 12.1 Å². The van der Waals surface area contributed by atoms with Gasteiger partial charge in [-0.15, -0.1) is 0 Å². The summed E-state index contributed by atoms with van der Waals surface area (Å²) in [6, 6.07) is 3.50. The van der Waals surface area contributed by atoms with Crippen molar-refractivity contribution < 1.29 is 9.53 Å².